The minimum atomic E-state index is -3.66. The van der Waals surface area contributed by atoms with Crippen LogP contribution in [-0.2, 0) is 23.1 Å². The zero-order valence-corrected chi connectivity index (χ0v) is 14.7. The number of aryl methyl sites for hydroxylation is 1. The first kappa shape index (κ1) is 16.5. The second-order valence-corrected chi connectivity index (χ2v) is 8.67. The lowest BCUT2D eigenvalue weighted by Gasteiger charge is -2.08. The Hall–Kier alpha value is -0.890. The molecule has 0 unspecified atom stereocenters. The fourth-order valence-corrected chi connectivity index (χ4v) is 5.50. The molecule has 4 nitrogen and oxygen atoms in total. The van der Waals surface area contributed by atoms with Gasteiger partial charge in [-0.3, -0.25) is 4.72 Å². The molecule has 0 spiro atoms. The lowest BCUT2D eigenvalue weighted by Crippen LogP contribution is -2.12. The van der Waals surface area contributed by atoms with Crippen molar-refractivity contribution in [3.63, 3.8) is 0 Å². The van der Waals surface area contributed by atoms with Gasteiger partial charge in [0.1, 0.15) is 4.90 Å². The van der Waals surface area contributed by atoms with Crippen molar-refractivity contribution in [1.29, 1.82) is 0 Å². The quantitative estimate of drug-likeness (QED) is 0.790. The highest BCUT2D eigenvalue weighted by molar-refractivity contribution is 9.11. The van der Waals surface area contributed by atoms with E-state index in [1.807, 2.05) is 12.1 Å². The topological polar surface area (TPSA) is 66.4 Å². The lowest BCUT2D eigenvalue weighted by atomic mass is 10.1. The molecule has 0 aliphatic heterocycles. The number of rotatable bonds is 6. The average Bonchev–Trinajstić information content (AvgIpc) is 2.83. The molecule has 2 N–H and O–H groups in total. The Balaban J connectivity index is 2.22. The van der Waals surface area contributed by atoms with Gasteiger partial charge in [-0.2, -0.15) is 0 Å². The van der Waals surface area contributed by atoms with Crippen LogP contribution in [0, 0.1) is 0 Å². The average molecular weight is 390 g/mol. The number of halogens is 1. The van der Waals surface area contributed by atoms with Crippen LogP contribution in [-0.4, -0.2) is 13.5 Å². The molecule has 0 fully saturated rings. The summed E-state index contributed by atoms with van der Waals surface area (Å²) in [6.45, 7) is 1.92. The third-order valence-corrected chi connectivity index (χ3v) is 6.51. The minimum Gasteiger partial charge on any atom is -0.391 e. The molecule has 1 aromatic heterocycles. The molecule has 2 rings (SSSR count). The minimum absolute atomic E-state index is 0.147. The van der Waals surface area contributed by atoms with Crippen LogP contribution in [0.4, 0.5) is 5.69 Å². The highest BCUT2D eigenvalue weighted by atomic mass is 79.9. The number of benzene rings is 1. The Bertz CT molecular complexity index is 708. The van der Waals surface area contributed by atoms with E-state index in [9.17, 15) is 8.42 Å². The molecule has 0 aliphatic rings. The summed E-state index contributed by atoms with van der Waals surface area (Å²) in [5.41, 5.74) is 1.71. The molecule has 21 heavy (non-hydrogen) atoms. The zero-order valence-electron chi connectivity index (χ0n) is 11.5. The second-order valence-electron chi connectivity index (χ2n) is 4.56. The van der Waals surface area contributed by atoms with Gasteiger partial charge < -0.3 is 5.11 Å². The Morgan fingerprint density at radius 1 is 1.29 bits per heavy atom. The predicted molar refractivity (Wildman–Crippen MR) is 89.2 cm³/mol. The Morgan fingerprint density at radius 3 is 2.48 bits per heavy atom. The number of hydrogen-bond acceptors (Lipinski definition) is 4. The van der Waals surface area contributed by atoms with E-state index in [0.717, 1.165) is 12.8 Å². The van der Waals surface area contributed by atoms with Gasteiger partial charge in [0.05, 0.1) is 10.4 Å². The van der Waals surface area contributed by atoms with Gasteiger partial charge in [0, 0.05) is 10.6 Å². The summed E-state index contributed by atoms with van der Waals surface area (Å²) in [6.07, 6.45) is 2.03. The molecule has 0 atom stereocenters. The molecule has 0 aliphatic carbocycles. The first-order valence-electron chi connectivity index (χ1n) is 6.47. The zero-order chi connectivity index (χ0) is 15.5. The number of thiophene rings is 1. The van der Waals surface area contributed by atoms with E-state index in [1.165, 1.54) is 23.0 Å². The number of aliphatic hydroxyl groups is 1. The van der Waals surface area contributed by atoms with Gasteiger partial charge >= 0.3 is 0 Å². The van der Waals surface area contributed by atoms with Crippen LogP contribution in [0.25, 0.3) is 0 Å². The van der Waals surface area contributed by atoms with E-state index in [2.05, 4.69) is 27.6 Å². The van der Waals surface area contributed by atoms with Crippen molar-refractivity contribution in [3.8, 4) is 0 Å². The van der Waals surface area contributed by atoms with E-state index in [0.29, 0.717) is 14.4 Å². The summed E-state index contributed by atoms with van der Waals surface area (Å²) in [5, 5.41) is 9.09. The Labute approximate surface area is 137 Å². The van der Waals surface area contributed by atoms with Crippen molar-refractivity contribution in [1.82, 2.24) is 0 Å². The SMILES string of the molecule is CCCc1ccc(NS(=O)(=O)c2cc(CO)sc2Br)cc1. The van der Waals surface area contributed by atoms with Crippen LogP contribution in [0.15, 0.2) is 39.0 Å². The van der Waals surface area contributed by atoms with E-state index in [1.54, 1.807) is 12.1 Å². The van der Waals surface area contributed by atoms with Crippen molar-refractivity contribution in [2.45, 2.75) is 31.3 Å². The molecule has 0 amide bonds. The summed E-state index contributed by atoms with van der Waals surface area (Å²) < 4.78 is 27.7. The highest BCUT2D eigenvalue weighted by Crippen LogP contribution is 2.32. The summed E-state index contributed by atoms with van der Waals surface area (Å²) in [6, 6.07) is 8.83. The van der Waals surface area contributed by atoms with Gasteiger partial charge in [-0.1, -0.05) is 25.5 Å². The largest absolute Gasteiger partial charge is 0.391 e. The van der Waals surface area contributed by atoms with Crippen LogP contribution in [0.2, 0.25) is 0 Å². The highest BCUT2D eigenvalue weighted by Gasteiger charge is 2.20. The normalized spacial score (nSPS) is 11.6. The van der Waals surface area contributed by atoms with Crippen LogP contribution >= 0.6 is 27.3 Å². The van der Waals surface area contributed by atoms with E-state index in [4.69, 9.17) is 5.11 Å². The van der Waals surface area contributed by atoms with E-state index < -0.39 is 10.0 Å². The maximum Gasteiger partial charge on any atom is 0.263 e. The van der Waals surface area contributed by atoms with Crippen LogP contribution < -0.4 is 4.72 Å². The van der Waals surface area contributed by atoms with Gasteiger partial charge in [0.2, 0.25) is 0 Å². The fraction of sp³-hybridized carbons (Fsp3) is 0.286. The summed E-state index contributed by atoms with van der Waals surface area (Å²) in [4.78, 5) is 0.745. The number of nitrogens with one attached hydrogen (secondary N) is 1. The summed E-state index contributed by atoms with van der Waals surface area (Å²) in [5.74, 6) is 0. The lowest BCUT2D eigenvalue weighted by molar-refractivity contribution is 0.285. The third kappa shape index (κ3) is 4.06. The molecule has 2 aromatic rings. The first-order valence-corrected chi connectivity index (χ1v) is 9.56. The van der Waals surface area contributed by atoms with Gasteiger partial charge in [0.15, 0.2) is 0 Å². The van der Waals surface area contributed by atoms with Gasteiger partial charge in [-0.05, 0) is 46.1 Å². The van der Waals surface area contributed by atoms with Gasteiger partial charge in [-0.15, -0.1) is 11.3 Å². The molecular formula is C14H16BrNO3S2. The number of aliphatic hydroxyl groups excluding tert-OH is 1. The summed E-state index contributed by atoms with van der Waals surface area (Å²) >= 11 is 4.44. The number of sulfonamides is 1. The predicted octanol–water partition coefficient (Wildman–Crippen LogP) is 3.76. The van der Waals surface area contributed by atoms with Crippen LogP contribution in [0.3, 0.4) is 0 Å². The van der Waals surface area contributed by atoms with Crippen molar-refractivity contribution in [2.75, 3.05) is 4.72 Å². The van der Waals surface area contributed by atoms with Crippen molar-refractivity contribution >= 4 is 43.0 Å². The molecule has 0 bridgehead atoms. The van der Waals surface area contributed by atoms with E-state index >= 15 is 0 Å². The van der Waals surface area contributed by atoms with Gasteiger partial charge in [0.25, 0.3) is 10.0 Å². The molecule has 0 radical (unpaired) electrons. The second kappa shape index (κ2) is 6.91. The molecular weight excluding hydrogens is 374 g/mol. The summed E-state index contributed by atoms with van der Waals surface area (Å²) in [7, 11) is -3.66. The number of anilines is 1. The van der Waals surface area contributed by atoms with E-state index in [-0.39, 0.29) is 11.5 Å². The molecule has 1 aromatic carbocycles. The number of hydrogen-bond donors (Lipinski definition) is 2. The van der Waals surface area contributed by atoms with Crippen molar-refractivity contribution in [3.05, 3.63) is 44.6 Å². The maximum absolute atomic E-state index is 12.3. The standard InChI is InChI=1S/C14H16BrNO3S2/c1-2-3-10-4-6-11(7-5-10)16-21(18,19)13-8-12(9-17)20-14(13)15/h4-8,16-17H,2-3,9H2,1H3. The molecule has 1 heterocycles. The molecule has 114 valence electrons. The monoisotopic (exact) mass is 389 g/mol. The Kier molecular flexibility index (Phi) is 5.43. The third-order valence-electron chi connectivity index (χ3n) is 2.90. The molecule has 7 heteroatoms. The van der Waals surface area contributed by atoms with Crippen LogP contribution in [0.1, 0.15) is 23.8 Å². The molecule has 0 saturated carbocycles. The first-order chi connectivity index (χ1) is 9.96. The molecule has 0 saturated heterocycles. The maximum atomic E-state index is 12.3. The van der Waals surface area contributed by atoms with Crippen molar-refractivity contribution < 1.29 is 13.5 Å². The fourth-order valence-electron chi connectivity index (χ4n) is 1.90. The van der Waals surface area contributed by atoms with Gasteiger partial charge in [-0.25, -0.2) is 8.42 Å². The van der Waals surface area contributed by atoms with Crippen LogP contribution in [0.5, 0.6) is 0 Å². The smallest absolute Gasteiger partial charge is 0.263 e. The van der Waals surface area contributed by atoms with Crippen molar-refractivity contribution in [2.24, 2.45) is 0 Å². The Morgan fingerprint density at radius 2 is 1.95 bits per heavy atom.